The maximum atomic E-state index is 14.8. The fraction of sp³-hybridized carbons (Fsp3) is 0.296. The molecule has 0 aliphatic carbocycles. The number of benzene rings is 2. The first kappa shape index (κ1) is 28.3. The molecule has 0 spiro atoms. The van der Waals surface area contributed by atoms with Gasteiger partial charge in [-0.3, -0.25) is 0 Å². The van der Waals surface area contributed by atoms with Crippen LogP contribution in [0.3, 0.4) is 0 Å². The van der Waals surface area contributed by atoms with Gasteiger partial charge in [-0.2, -0.15) is 0 Å². The monoisotopic (exact) mass is 557 g/mol. The van der Waals surface area contributed by atoms with Gasteiger partial charge in [0.05, 0.1) is 22.0 Å². The second kappa shape index (κ2) is 12.0. The van der Waals surface area contributed by atoms with Crippen molar-refractivity contribution in [3.8, 4) is 34.0 Å². The molecule has 0 amide bonds. The van der Waals surface area contributed by atoms with Gasteiger partial charge in [0.2, 0.25) is 0 Å². The van der Waals surface area contributed by atoms with Crippen LogP contribution >= 0.6 is 0 Å². The molecule has 2 aromatic heterocycles. The molecule has 206 valence electrons. The highest BCUT2D eigenvalue weighted by atomic mass is 32.2. The predicted molar refractivity (Wildman–Crippen MR) is 143 cm³/mol. The van der Waals surface area contributed by atoms with E-state index < -0.39 is 27.6 Å². The minimum absolute atomic E-state index is 0.0716. The quantitative estimate of drug-likeness (QED) is 0.247. The van der Waals surface area contributed by atoms with Crippen LogP contribution in [0.15, 0.2) is 64.1 Å². The Bertz CT molecular complexity index is 1540. The van der Waals surface area contributed by atoms with Gasteiger partial charge in [0.25, 0.3) is 0 Å². The number of alkyl halides is 1. The molecule has 12 heteroatoms. The molecule has 2 atom stereocenters. The molecule has 0 saturated carbocycles. The number of anilines is 1. The summed E-state index contributed by atoms with van der Waals surface area (Å²) >= 11 is 0. The summed E-state index contributed by atoms with van der Waals surface area (Å²) in [4.78, 5) is 8.84. The Morgan fingerprint density at radius 2 is 1.85 bits per heavy atom. The summed E-state index contributed by atoms with van der Waals surface area (Å²) in [6.07, 6.45) is 1.59. The third kappa shape index (κ3) is 6.29. The van der Waals surface area contributed by atoms with Gasteiger partial charge in [0, 0.05) is 36.4 Å². The second-order valence-corrected chi connectivity index (χ2v) is 11.6. The first-order valence-electron chi connectivity index (χ1n) is 12.3. The van der Waals surface area contributed by atoms with Gasteiger partial charge in [-0.15, -0.1) is 0 Å². The lowest BCUT2D eigenvalue weighted by atomic mass is 10.1. The zero-order chi connectivity index (χ0) is 28.2. The summed E-state index contributed by atoms with van der Waals surface area (Å²) in [5, 5.41) is 15.3. The molecule has 4 N–H and O–H groups in total. The molecule has 0 aliphatic rings. The third-order valence-corrected chi connectivity index (χ3v) is 8.51. The molecule has 39 heavy (non-hydrogen) atoms. The number of aromatic nitrogens is 3. The first-order chi connectivity index (χ1) is 18.6. The lowest BCUT2D eigenvalue weighted by Crippen LogP contribution is -2.27. The van der Waals surface area contributed by atoms with Crippen LogP contribution in [0.2, 0.25) is 0 Å². The van der Waals surface area contributed by atoms with Gasteiger partial charge in [-0.25, -0.2) is 27.2 Å². The molecule has 0 radical (unpaired) electrons. The maximum absolute atomic E-state index is 14.8. The van der Waals surface area contributed by atoms with E-state index in [1.807, 2.05) is 0 Å². The van der Waals surface area contributed by atoms with Crippen LogP contribution in [0.5, 0.6) is 0 Å². The Morgan fingerprint density at radius 3 is 2.51 bits per heavy atom. The fourth-order valence-electron chi connectivity index (χ4n) is 3.84. The Morgan fingerprint density at radius 1 is 1.10 bits per heavy atom. The maximum Gasteiger partial charge on any atom is 0.189 e. The molecular formula is C27H29F2N5O4S. The van der Waals surface area contributed by atoms with E-state index in [1.54, 1.807) is 38.1 Å². The van der Waals surface area contributed by atoms with Gasteiger partial charge in [0.1, 0.15) is 18.2 Å². The average Bonchev–Trinajstić information content (AvgIpc) is 3.42. The standard InChI is InChI=1S/C27H29F2N5O4S/c1-16(13-28)31-14-18-3-8-21(22(29)11-18)23-12-25(38-34-23)26-27(30)32-15-24(33-26)19-4-6-20(7-5-19)39(36,37)17(2)9-10-35/h3-8,11-12,15-17,31,35H,9-10,13-14H2,1-2H3,(H2,30,32). The number of hydrogen-bond donors (Lipinski definition) is 3. The van der Waals surface area contributed by atoms with Crippen molar-refractivity contribution in [2.75, 3.05) is 19.0 Å². The fourth-order valence-corrected chi connectivity index (χ4v) is 5.24. The van der Waals surface area contributed by atoms with E-state index in [2.05, 4.69) is 20.4 Å². The van der Waals surface area contributed by atoms with Crippen molar-refractivity contribution in [1.82, 2.24) is 20.4 Å². The molecule has 2 unspecified atom stereocenters. The molecule has 4 rings (SSSR count). The van der Waals surface area contributed by atoms with Gasteiger partial charge >= 0.3 is 0 Å². The molecule has 2 heterocycles. The van der Waals surface area contributed by atoms with Crippen molar-refractivity contribution in [3.05, 3.63) is 66.1 Å². The summed E-state index contributed by atoms with van der Waals surface area (Å²) in [6, 6.07) is 12.0. The summed E-state index contributed by atoms with van der Waals surface area (Å²) in [5.41, 5.74) is 8.34. The lowest BCUT2D eigenvalue weighted by Gasteiger charge is -2.12. The van der Waals surface area contributed by atoms with Gasteiger partial charge in [-0.1, -0.05) is 23.4 Å². The largest absolute Gasteiger partial charge is 0.396 e. The van der Waals surface area contributed by atoms with Gasteiger partial charge in [0.15, 0.2) is 27.1 Å². The van der Waals surface area contributed by atoms with Crippen molar-refractivity contribution in [3.63, 3.8) is 0 Å². The van der Waals surface area contributed by atoms with Crippen LogP contribution in [0.1, 0.15) is 25.8 Å². The van der Waals surface area contributed by atoms with E-state index in [1.165, 1.54) is 30.5 Å². The molecular weight excluding hydrogens is 528 g/mol. The van der Waals surface area contributed by atoms with Gasteiger partial charge in [-0.05, 0) is 50.1 Å². The SMILES string of the molecule is CC(CF)NCc1ccc(-c2cc(-c3nc(-c4ccc(S(=O)(=O)C(C)CCO)cc4)cnc3N)on2)c(F)c1. The number of aliphatic hydroxyl groups is 1. The highest BCUT2D eigenvalue weighted by Crippen LogP contribution is 2.31. The summed E-state index contributed by atoms with van der Waals surface area (Å²) < 4.78 is 58.2. The zero-order valence-corrected chi connectivity index (χ0v) is 22.3. The van der Waals surface area contributed by atoms with Crippen LogP contribution in [0.25, 0.3) is 34.0 Å². The normalized spacial score (nSPS) is 13.4. The van der Waals surface area contributed by atoms with Crippen LogP contribution in [0, 0.1) is 5.82 Å². The van der Waals surface area contributed by atoms with Crippen LogP contribution in [-0.2, 0) is 16.4 Å². The van der Waals surface area contributed by atoms with Crippen molar-refractivity contribution in [2.24, 2.45) is 0 Å². The Balaban J connectivity index is 1.57. The van der Waals surface area contributed by atoms with Crippen molar-refractivity contribution in [2.45, 2.75) is 43.0 Å². The molecule has 9 nitrogen and oxygen atoms in total. The third-order valence-electron chi connectivity index (χ3n) is 6.28. The number of nitrogens with one attached hydrogen (secondary N) is 1. The number of rotatable bonds is 11. The van der Waals surface area contributed by atoms with Crippen molar-refractivity contribution in [1.29, 1.82) is 0 Å². The highest BCUT2D eigenvalue weighted by Gasteiger charge is 2.23. The summed E-state index contributed by atoms with van der Waals surface area (Å²) in [7, 11) is -3.58. The average molecular weight is 558 g/mol. The van der Waals surface area contributed by atoms with E-state index in [4.69, 9.17) is 15.4 Å². The van der Waals surface area contributed by atoms with E-state index in [0.29, 0.717) is 23.4 Å². The first-order valence-corrected chi connectivity index (χ1v) is 13.8. The Hall–Kier alpha value is -3.74. The molecule has 4 aromatic rings. The Labute approximate surface area is 225 Å². The number of nitrogens with zero attached hydrogens (tertiary/aromatic N) is 3. The minimum Gasteiger partial charge on any atom is -0.396 e. The number of hydrogen-bond acceptors (Lipinski definition) is 9. The van der Waals surface area contributed by atoms with E-state index in [9.17, 15) is 17.2 Å². The molecule has 0 fully saturated rings. The van der Waals surface area contributed by atoms with E-state index >= 15 is 0 Å². The van der Waals surface area contributed by atoms with Crippen molar-refractivity contribution >= 4 is 15.7 Å². The minimum atomic E-state index is -3.58. The molecule has 2 aromatic carbocycles. The topological polar surface area (TPSA) is 144 Å². The number of halogens is 2. The van der Waals surface area contributed by atoms with Crippen LogP contribution < -0.4 is 11.1 Å². The lowest BCUT2D eigenvalue weighted by molar-refractivity contribution is 0.287. The highest BCUT2D eigenvalue weighted by molar-refractivity contribution is 7.92. The van der Waals surface area contributed by atoms with Crippen molar-refractivity contribution < 1.29 is 26.8 Å². The number of aliphatic hydroxyl groups excluding tert-OH is 1. The predicted octanol–water partition coefficient (Wildman–Crippen LogP) is 4.18. The summed E-state index contributed by atoms with van der Waals surface area (Å²) in [5.74, 6) is -0.267. The van der Waals surface area contributed by atoms with E-state index in [0.717, 1.165) is 0 Å². The number of sulfone groups is 1. The van der Waals surface area contributed by atoms with Gasteiger partial charge < -0.3 is 20.7 Å². The number of nitrogens with two attached hydrogens (primary N) is 1. The number of nitrogen functional groups attached to an aromatic ring is 1. The summed E-state index contributed by atoms with van der Waals surface area (Å²) in [6.45, 7) is 2.83. The van der Waals surface area contributed by atoms with E-state index in [-0.39, 0.29) is 52.5 Å². The Kier molecular flexibility index (Phi) is 8.68. The smallest absolute Gasteiger partial charge is 0.189 e. The molecule has 0 aliphatic heterocycles. The molecule has 0 saturated heterocycles. The zero-order valence-electron chi connectivity index (χ0n) is 21.4. The molecule has 0 bridgehead atoms. The van der Waals surface area contributed by atoms with Crippen LogP contribution in [0.4, 0.5) is 14.6 Å². The second-order valence-electron chi connectivity index (χ2n) is 9.21. The van der Waals surface area contributed by atoms with Crippen LogP contribution in [-0.4, -0.2) is 53.2 Å².